The minimum absolute atomic E-state index is 0.356. The van der Waals surface area contributed by atoms with Crippen molar-refractivity contribution in [2.45, 2.75) is 24.8 Å². The zero-order valence-electron chi connectivity index (χ0n) is 8.84. The number of ether oxygens (including phenoxy) is 1. The van der Waals surface area contributed by atoms with Crippen LogP contribution in [0, 0.1) is 0 Å². The molecule has 0 amide bonds. The molecule has 0 atom stereocenters. The maximum absolute atomic E-state index is 5.34. The van der Waals surface area contributed by atoms with Gasteiger partial charge in [0.1, 0.15) is 5.75 Å². The minimum Gasteiger partial charge on any atom is -0.496 e. The molecule has 0 bridgehead atoms. The van der Waals surface area contributed by atoms with Crippen molar-refractivity contribution in [3.8, 4) is 5.75 Å². The van der Waals surface area contributed by atoms with Crippen LogP contribution in [0.4, 0.5) is 0 Å². The summed E-state index contributed by atoms with van der Waals surface area (Å²) in [6.45, 7) is 0. The fourth-order valence-electron chi connectivity index (χ4n) is 1.88. The summed E-state index contributed by atoms with van der Waals surface area (Å²) in [7, 11) is 3.78. The lowest BCUT2D eigenvalue weighted by molar-refractivity contribution is 0.405. The highest BCUT2D eigenvalue weighted by Gasteiger charge is 2.41. The molecule has 0 saturated heterocycles. The van der Waals surface area contributed by atoms with Gasteiger partial charge in [0.2, 0.25) is 0 Å². The molecule has 2 nitrogen and oxygen atoms in total. The number of methoxy groups -OCH3 is 1. The summed E-state index contributed by atoms with van der Waals surface area (Å²) in [5, 5.41) is 3.40. The third-order valence-electron chi connectivity index (χ3n) is 3.11. The lowest BCUT2D eigenvalue weighted by atomic mass is 10.0. The number of hydrogen-bond acceptors (Lipinski definition) is 2. The van der Waals surface area contributed by atoms with E-state index in [-0.39, 0.29) is 0 Å². The molecule has 0 aliphatic heterocycles. The topological polar surface area (TPSA) is 21.3 Å². The highest BCUT2D eigenvalue weighted by Crippen LogP contribution is 2.39. The number of nitrogens with one attached hydrogen (secondary N) is 1. The molecular formula is C12H17NO. The first-order valence-corrected chi connectivity index (χ1v) is 5.10. The maximum atomic E-state index is 5.34. The van der Waals surface area contributed by atoms with Crippen molar-refractivity contribution in [1.82, 2.24) is 5.32 Å². The minimum atomic E-state index is 0.356. The molecule has 1 aromatic carbocycles. The molecule has 0 spiro atoms. The van der Waals surface area contributed by atoms with Gasteiger partial charge in [0.05, 0.1) is 7.11 Å². The zero-order chi connectivity index (χ0) is 10.0. The largest absolute Gasteiger partial charge is 0.496 e. The van der Waals surface area contributed by atoms with Crippen LogP contribution in [0.1, 0.15) is 18.4 Å². The van der Waals surface area contributed by atoms with Gasteiger partial charge in [-0.3, -0.25) is 0 Å². The van der Waals surface area contributed by atoms with Gasteiger partial charge in [-0.25, -0.2) is 0 Å². The molecule has 1 aliphatic rings. The summed E-state index contributed by atoms with van der Waals surface area (Å²) >= 11 is 0. The number of rotatable bonds is 4. The lowest BCUT2D eigenvalue weighted by Gasteiger charge is -2.15. The normalized spacial score (nSPS) is 17.9. The summed E-state index contributed by atoms with van der Waals surface area (Å²) in [5.74, 6) is 1.01. The van der Waals surface area contributed by atoms with Crippen molar-refractivity contribution in [3.05, 3.63) is 29.8 Å². The van der Waals surface area contributed by atoms with Crippen molar-refractivity contribution in [3.63, 3.8) is 0 Å². The predicted molar refractivity (Wildman–Crippen MR) is 57.7 cm³/mol. The second-order valence-corrected chi connectivity index (χ2v) is 4.02. The first-order valence-electron chi connectivity index (χ1n) is 5.10. The van der Waals surface area contributed by atoms with Gasteiger partial charge >= 0.3 is 0 Å². The van der Waals surface area contributed by atoms with Gasteiger partial charge in [0.15, 0.2) is 0 Å². The van der Waals surface area contributed by atoms with Gasteiger partial charge in [-0.15, -0.1) is 0 Å². The molecule has 0 heterocycles. The average Bonchev–Trinajstić information content (AvgIpc) is 2.99. The zero-order valence-corrected chi connectivity index (χ0v) is 8.84. The number of benzene rings is 1. The quantitative estimate of drug-likeness (QED) is 0.786. The first kappa shape index (κ1) is 9.53. The van der Waals surface area contributed by atoms with Crippen LogP contribution >= 0.6 is 0 Å². The van der Waals surface area contributed by atoms with Gasteiger partial charge in [-0.1, -0.05) is 18.2 Å². The van der Waals surface area contributed by atoms with Crippen molar-refractivity contribution in [2.75, 3.05) is 14.2 Å². The molecule has 1 aromatic rings. The van der Waals surface area contributed by atoms with E-state index in [0.717, 1.165) is 12.2 Å². The van der Waals surface area contributed by atoms with Crippen LogP contribution in [0.2, 0.25) is 0 Å². The molecule has 1 fully saturated rings. The molecule has 1 aliphatic carbocycles. The average molecular weight is 191 g/mol. The molecular weight excluding hydrogens is 174 g/mol. The van der Waals surface area contributed by atoms with Crippen LogP contribution in [0.3, 0.4) is 0 Å². The van der Waals surface area contributed by atoms with E-state index in [1.54, 1.807) is 7.11 Å². The van der Waals surface area contributed by atoms with E-state index in [0.29, 0.717) is 5.54 Å². The molecule has 76 valence electrons. The van der Waals surface area contributed by atoms with E-state index in [9.17, 15) is 0 Å². The van der Waals surface area contributed by atoms with E-state index >= 15 is 0 Å². The van der Waals surface area contributed by atoms with E-state index in [1.165, 1.54) is 18.4 Å². The fraction of sp³-hybridized carbons (Fsp3) is 0.500. The first-order chi connectivity index (χ1) is 6.79. The molecule has 0 radical (unpaired) electrons. The predicted octanol–water partition coefficient (Wildman–Crippen LogP) is 1.99. The standard InChI is InChI=1S/C12H17NO/c1-13-12(7-8-12)9-10-5-3-4-6-11(10)14-2/h3-6,13H,7-9H2,1-2H3. The summed E-state index contributed by atoms with van der Waals surface area (Å²) in [6, 6.07) is 8.27. The Bertz CT molecular complexity index is 318. The molecule has 2 heteroatoms. The summed E-state index contributed by atoms with van der Waals surface area (Å²) in [5.41, 5.74) is 1.66. The molecule has 0 aromatic heterocycles. The number of hydrogen-bond donors (Lipinski definition) is 1. The van der Waals surface area contributed by atoms with Crippen LogP contribution in [0.15, 0.2) is 24.3 Å². The maximum Gasteiger partial charge on any atom is 0.122 e. The Balaban J connectivity index is 2.16. The van der Waals surface area contributed by atoms with Gasteiger partial charge in [-0.05, 0) is 37.9 Å². The van der Waals surface area contributed by atoms with Crippen molar-refractivity contribution in [2.24, 2.45) is 0 Å². The molecule has 14 heavy (non-hydrogen) atoms. The van der Waals surface area contributed by atoms with Crippen LogP contribution in [-0.2, 0) is 6.42 Å². The molecule has 1 saturated carbocycles. The Hall–Kier alpha value is -1.02. The smallest absolute Gasteiger partial charge is 0.122 e. The van der Waals surface area contributed by atoms with Gasteiger partial charge in [0, 0.05) is 5.54 Å². The van der Waals surface area contributed by atoms with Crippen LogP contribution in [0.25, 0.3) is 0 Å². The Labute approximate surface area is 85.3 Å². The molecule has 2 rings (SSSR count). The second-order valence-electron chi connectivity index (χ2n) is 4.02. The highest BCUT2D eigenvalue weighted by atomic mass is 16.5. The summed E-state index contributed by atoms with van der Waals surface area (Å²) in [4.78, 5) is 0. The summed E-state index contributed by atoms with van der Waals surface area (Å²) in [6.07, 6.45) is 3.64. The highest BCUT2D eigenvalue weighted by molar-refractivity contribution is 5.35. The van der Waals surface area contributed by atoms with Gasteiger partial charge in [-0.2, -0.15) is 0 Å². The number of para-hydroxylation sites is 1. The summed E-state index contributed by atoms with van der Waals surface area (Å²) < 4.78 is 5.34. The third-order valence-corrected chi connectivity index (χ3v) is 3.11. The molecule has 1 N–H and O–H groups in total. The van der Waals surface area contributed by atoms with E-state index in [1.807, 2.05) is 19.2 Å². The monoisotopic (exact) mass is 191 g/mol. The van der Waals surface area contributed by atoms with E-state index in [4.69, 9.17) is 4.74 Å². The number of likely N-dealkylation sites (N-methyl/N-ethyl adjacent to an activating group) is 1. The van der Waals surface area contributed by atoms with Crippen molar-refractivity contribution < 1.29 is 4.74 Å². The molecule has 0 unspecified atom stereocenters. The van der Waals surface area contributed by atoms with Crippen LogP contribution < -0.4 is 10.1 Å². The van der Waals surface area contributed by atoms with Crippen LogP contribution in [-0.4, -0.2) is 19.7 Å². The second kappa shape index (κ2) is 3.62. The Kier molecular flexibility index (Phi) is 2.46. The van der Waals surface area contributed by atoms with Crippen LogP contribution in [0.5, 0.6) is 5.75 Å². The van der Waals surface area contributed by atoms with Gasteiger partial charge < -0.3 is 10.1 Å². The Morgan fingerprint density at radius 3 is 2.64 bits per heavy atom. The lowest BCUT2D eigenvalue weighted by Crippen LogP contribution is -2.29. The van der Waals surface area contributed by atoms with Crippen molar-refractivity contribution >= 4 is 0 Å². The van der Waals surface area contributed by atoms with E-state index < -0.39 is 0 Å². The third kappa shape index (κ3) is 1.75. The van der Waals surface area contributed by atoms with Gasteiger partial charge in [0.25, 0.3) is 0 Å². The Morgan fingerprint density at radius 1 is 1.36 bits per heavy atom. The fourth-order valence-corrected chi connectivity index (χ4v) is 1.88. The Morgan fingerprint density at radius 2 is 2.07 bits per heavy atom. The SMILES string of the molecule is CNC1(Cc2ccccc2OC)CC1. The van der Waals surface area contributed by atoms with Crippen molar-refractivity contribution in [1.29, 1.82) is 0 Å². The van der Waals surface area contributed by atoms with E-state index in [2.05, 4.69) is 17.4 Å².